The van der Waals surface area contributed by atoms with Crippen molar-refractivity contribution in [1.29, 1.82) is 0 Å². The lowest BCUT2D eigenvalue weighted by Gasteiger charge is -2.07. The minimum atomic E-state index is -0.126. The quantitative estimate of drug-likeness (QED) is 0.623. The van der Waals surface area contributed by atoms with E-state index in [9.17, 15) is 4.79 Å². The Morgan fingerprint density at radius 2 is 1.93 bits per heavy atom. The number of halogens is 1. The van der Waals surface area contributed by atoms with Gasteiger partial charge >= 0.3 is 0 Å². The van der Waals surface area contributed by atoms with Gasteiger partial charge in [0.05, 0.1) is 6.42 Å². The minimum Gasteiger partial charge on any atom is -0.440 e. The molecule has 1 aromatic heterocycles. The Kier molecular flexibility index (Phi) is 6.49. The number of nitrogens with zero attached hydrogens (tertiary/aromatic N) is 1. The Morgan fingerprint density at radius 3 is 2.57 bits per heavy atom. The van der Waals surface area contributed by atoms with E-state index in [1.165, 1.54) is 0 Å². The molecule has 0 unspecified atom stereocenters. The van der Waals surface area contributed by atoms with Crippen molar-refractivity contribution in [3.05, 3.63) is 64.9 Å². The molecular weight excluding hydrogens is 376 g/mol. The highest BCUT2D eigenvalue weighted by molar-refractivity contribution is 6.30. The number of hydrogen-bond donors (Lipinski definition) is 2. The van der Waals surface area contributed by atoms with Crippen LogP contribution >= 0.6 is 11.6 Å². The predicted molar refractivity (Wildman–Crippen MR) is 110 cm³/mol. The molecule has 0 aliphatic rings. The van der Waals surface area contributed by atoms with Crippen LogP contribution in [0.2, 0.25) is 5.02 Å². The number of nitrogens with one attached hydrogen (secondary N) is 1. The van der Waals surface area contributed by atoms with Crippen LogP contribution in [0.5, 0.6) is 0 Å². The second-order valence-electron chi connectivity index (χ2n) is 6.87. The molecule has 2 aromatic carbocycles. The van der Waals surface area contributed by atoms with Crippen molar-refractivity contribution in [2.45, 2.75) is 32.7 Å². The first-order valence-corrected chi connectivity index (χ1v) is 9.59. The van der Waals surface area contributed by atoms with Crippen LogP contribution in [-0.2, 0) is 17.6 Å². The Morgan fingerprint density at radius 1 is 1.18 bits per heavy atom. The van der Waals surface area contributed by atoms with Crippen LogP contribution in [0.4, 0.5) is 0 Å². The van der Waals surface area contributed by atoms with Crippen molar-refractivity contribution in [3.63, 3.8) is 0 Å². The molecule has 0 atom stereocenters. The molecule has 0 radical (unpaired) electrons. The van der Waals surface area contributed by atoms with Crippen LogP contribution in [0.15, 0.2) is 52.9 Å². The van der Waals surface area contributed by atoms with Crippen LogP contribution < -0.4 is 5.32 Å². The number of aliphatic hydroxyl groups excluding tert-OH is 1. The third-order valence-corrected chi connectivity index (χ3v) is 4.40. The molecule has 3 aromatic rings. The molecular formula is C22H23ClN2O3. The number of hydrogen-bond acceptors (Lipinski definition) is 4. The summed E-state index contributed by atoms with van der Waals surface area (Å²) in [6, 6.07) is 15.0. The molecule has 0 fully saturated rings. The van der Waals surface area contributed by atoms with Gasteiger partial charge in [0.2, 0.25) is 11.8 Å². The molecule has 0 saturated carbocycles. The topological polar surface area (TPSA) is 75.4 Å². The fourth-order valence-corrected chi connectivity index (χ4v) is 3.11. The first-order valence-electron chi connectivity index (χ1n) is 9.21. The minimum absolute atomic E-state index is 0.0450. The molecule has 5 nitrogen and oxygen atoms in total. The molecule has 6 heteroatoms. The normalized spacial score (nSPS) is 11.0. The van der Waals surface area contributed by atoms with Crippen molar-refractivity contribution >= 4 is 17.5 Å². The molecule has 2 N–H and O–H groups in total. The summed E-state index contributed by atoms with van der Waals surface area (Å²) in [5, 5.41) is 12.5. The number of rotatable bonds is 7. The van der Waals surface area contributed by atoms with Gasteiger partial charge in [-0.25, -0.2) is 4.98 Å². The lowest BCUT2D eigenvalue weighted by molar-refractivity contribution is -0.121. The Labute approximate surface area is 169 Å². The number of aromatic nitrogens is 1. The fraction of sp³-hybridized carbons (Fsp3) is 0.273. The van der Waals surface area contributed by atoms with Crippen molar-refractivity contribution in [3.8, 4) is 22.7 Å². The Bertz CT molecular complexity index is 949. The van der Waals surface area contributed by atoms with E-state index in [0.29, 0.717) is 28.8 Å². The highest BCUT2D eigenvalue weighted by Crippen LogP contribution is 2.31. The summed E-state index contributed by atoms with van der Waals surface area (Å²) in [6.45, 7) is 3.93. The molecule has 0 aliphatic heterocycles. The van der Waals surface area contributed by atoms with Gasteiger partial charge in [0.1, 0.15) is 11.5 Å². The largest absolute Gasteiger partial charge is 0.440 e. The SMILES string of the molecule is CC(C)NC(=O)Cc1oc(-c2ccc(CCO)cc2)nc1-c1cccc(Cl)c1. The van der Waals surface area contributed by atoms with Crippen LogP contribution in [0, 0.1) is 0 Å². The van der Waals surface area contributed by atoms with Crippen LogP contribution in [0.25, 0.3) is 22.7 Å². The Balaban J connectivity index is 1.98. The van der Waals surface area contributed by atoms with E-state index in [4.69, 9.17) is 21.1 Å². The summed E-state index contributed by atoms with van der Waals surface area (Å²) in [7, 11) is 0. The van der Waals surface area contributed by atoms with Gasteiger partial charge in [0, 0.05) is 28.8 Å². The van der Waals surface area contributed by atoms with Crippen LogP contribution in [-0.4, -0.2) is 28.6 Å². The van der Waals surface area contributed by atoms with E-state index in [1.807, 2.05) is 50.2 Å². The lowest BCUT2D eigenvalue weighted by atomic mass is 10.1. The maximum atomic E-state index is 12.3. The lowest BCUT2D eigenvalue weighted by Crippen LogP contribution is -2.31. The fourth-order valence-electron chi connectivity index (χ4n) is 2.92. The van der Waals surface area contributed by atoms with Crippen molar-refractivity contribution < 1.29 is 14.3 Å². The van der Waals surface area contributed by atoms with Gasteiger partial charge in [-0.15, -0.1) is 0 Å². The second-order valence-corrected chi connectivity index (χ2v) is 7.31. The Hall–Kier alpha value is -2.63. The van der Waals surface area contributed by atoms with Gasteiger partial charge in [-0.1, -0.05) is 35.9 Å². The average Bonchev–Trinajstić information content (AvgIpc) is 3.05. The van der Waals surface area contributed by atoms with Gasteiger partial charge in [-0.3, -0.25) is 4.79 Å². The monoisotopic (exact) mass is 398 g/mol. The van der Waals surface area contributed by atoms with E-state index in [0.717, 1.165) is 16.7 Å². The number of carbonyl (C=O) groups excluding carboxylic acids is 1. The van der Waals surface area contributed by atoms with E-state index in [2.05, 4.69) is 10.3 Å². The maximum Gasteiger partial charge on any atom is 0.227 e. The molecule has 0 spiro atoms. The third-order valence-electron chi connectivity index (χ3n) is 4.17. The number of oxazole rings is 1. The first-order chi connectivity index (χ1) is 13.5. The predicted octanol–water partition coefficient (Wildman–Crippen LogP) is 4.26. The summed E-state index contributed by atoms with van der Waals surface area (Å²) in [4.78, 5) is 16.9. The molecule has 0 saturated heterocycles. The van der Waals surface area contributed by atoms with Gasteiger partial charge in [-0.2, -0.15) is 0 Å². The maximum absolute atomic E-state index is 12.3. The number of carbonyl (C=O) groups is 1. The van der Waals surface area contributed by atoms with E-state index < -0.39 is 0 Å². The van der Waals surface area contributed by atoms with Gasteiger partial charge < -0.3 is 14.8 Å². The summed E-state index contributed by atoms with van der Waals surface area (Å²) in [5.41, 5.74) is 3.24. The van der Waals surface area contributed by atoms with Crippen LogP contribution in [0.3, 0.4) is 0 Å². The third kappa shape index (κ3) is 5.00. The first kappa shape index (κ1) is 20.1. The zero-order chi connectivity index (χ0) is 20.1. The number of aliphatic hydroxyl groups is 1. The second kappa shape index (κ2) is 9.04. The summed E-state index contributed by atoms with van der Waals surface area (Å²) in [5.74, 6) is 0.812. The van der Waals surface area contributed by atoms with Gasteiger partial charge in [0.15, 0.2) is 0 Å². The molecule has 0 aliphatic carbocycles. The summed E-state index contributed by atoms with van der Waals surface area (Å²) < 4.78 is 5.98. The zero-order valence-electron chi connectivity index (χ0n) is 15.9. The molecule has 1 heterocycles. The molecule has 146 valence electrons. The van der Waals surface area contributed by atoms with Crippen molar-refractivity contribution in [2.24, 2.45) is 0 Å². The van der Waals surface area contributed by atoms with E-state index in [-0.39, 0.29) is 25.0 Å². The molecule has 0 bridgehead atoms. The average molecular weight is 399 g/mol. The number of benzene rings is 2. The zero-order valence-corrected chi connectivity index (χ0v) is 16.7. The van der Waals surface area contributed by atoms with Crippen LogP contribution in [0.1, 0.15) is 25.2 Å². The smallest absolute Gasteiger partial charge is 0.227 e. The van der Waals surface area contributed by atoms with Gasteiger partial charge in [0.25, 0.3) is 0 Å². The molecule has 1 amide bonds. The molecule has 3 rings (SSSR count). The van der Waals surface area contributed by atoms with Gasteiger partial charge in [-0.05, 0) is 50.1 Å². The van der Waals surface area contributed by atoms with E-state index >= 15 is 0 Å². The molecule has 28 heavy (non-hydrogen) atoms. The summed E-state index contributed by atoms with van der Waals surface area (Å²) in [6.07, 6.45) is 0.690. The number of amides is 1. The highest BCUT2D eigenvalue weighted by atomic mass is 35.5. The standard InChI is InChI=1S/C22H23ClN2O3/c1-14(2)24-20(27)13-19-21(17-4-3-5-18(23)12-17)25-22(28-19)16-8-6-15(7-9-16)10-11-26/h3-9,12,14,26H,10-11,13H2,1-2H3,(H,24,27). The van der Waals surface area contributed by atoms with E-state index in [1.54, 1.807) is 12.1 Å². The highest BCUT2D eigenvalue weighted by Gasteiger charge is 2.19. The van der Waals surface area contributed by atoms with Crippen molar-refractivity contribution in [1.82, 2.24) is 10.3 Å². The van der Waals surface area contributed by atoms with Crippen molar-refractivity contribution in [2.75, 3.05) is 6.61 Å². The summed E-state index contributed by atoms with van der Waals surface area (Å²) >= 11 is 6.13.